The lowest BCUT2D eigenvalue weighted by Gasteiger charge is -2.18. The highest BCUT2D eigenvalue weighted by molar-refractivity contribution is 5.54. The van der Waals surface area contributed by atoms with Gasteiger partial charge in [-0.15, -0.1) is 0 Å². The van der Waals surface area contributed by atoms with Gasteiger partial charge in [-0.3, -0.25) is 10.1 Å². The molecule has 0 radical (unpaired) electrons. The molecule has 0 aromatic heterocycles. The maximum atomic E-state index is 11.0. The van der Waals surface area contributed by atoms with Gasteiger partial charge in [0, 0.05) is 31.5 Å². The molecule has 0 saturated heterocycles. The largest absolute Gasteiger partial charge is 0.484 e. The van der Waals surface area contributed by atoms with E-state index < -0.39 is 10.7 Å². The van der Waals surface area contributed by atoms with Gasteiger partial charge in [-0.1, -0.05) is 30.0 Å². The highest BCUT2D eigenvalue weighted by Crippen LogP contribution is 2.27. The third-order valence-electron chi connectivity index (χ3n) is 3.51. The van der Waals surface area contributed by atoms with Gasteiger partial charge in [-0.05, 0) is 18.2 Å². The van der Waals surface area contributed by atoms with Crippen LogP contribution in [-0.4, -0.2) is 17.3 Å². The molecule has 2 aromatic rings. The summed E-state index contributed by atoms with van der Waals surface area (Å²) in [5.41, 5.74) is 1.19. The zero-order valence-corrected chi connectivity index (χ0v) is 14.4. The predicted molar refractivity (Wildman–Crippen MR) is 95.3 cm³/mol. The quantitative estimate of drug-likeness (QED) is 0.473. The molecular formula is C20H17NO5. The smallest absolute Gasteiger partial charge is 0.270 e. The lowest BCUT2D eigenvalue weighted by Crippen LogP contribution is -2.21. The van der Waals surface area contributed by atoms with Crippen molar-refractivity contribution in [3.63, 3.8) is 0 Å². The number of nitrogens with zero attached hydrogens (tertiary/aromatic N) is 1. The van der Waals surface area contributed by atoms with Gasteiger partial charge in [-0.2, -0.15) is 0 Å². The lowest BCUT2D eigenvalue weighted by atomic mass is 10.1. The molecule has 0 fully saturated rings. The Bertz CT molecular complexity index is 907. The fraction of sp³-hybridized carbons (Fsp3) is 0.200. The van der Waals surface area contributed by atoms with Crippen molar-refractivity contribution in [2.75, 3.05) is 6.61 Å². The topological polar surface area (TPSA) is 70.8 Å². The second kappa shape index (κ2) is 7.19. The van der Waals surface area contributed by atoms with Crippen molar-refractivity contribution >= 4 is 5.69 Å². The summed E-state index contributed by atoms with van der Waals surface area (Å²) in [5.74, 6) is 6.19. The van der Waals surface area contributed by atoms with E-state index in [4.69, 9.17) is 14.2 Å². The van der Waals surface area contributed by atoms with Crippen LogP contribution < -0.4 is 4.74 Å². The molecule has 0 saturated carbocycles. The Morgan fingerprint density at radius 3 is 2.58 bits per heavy atom. The van der Waals surface area contributed by atoms with Crippen LogP contribution in [0.1, 0.15) is 25.0 Å². The van der Waals surface area contributed by atoms with E-state index >= 15 is 0 Å². The van der Waals surface area contributed by atoms with E-state index in [1.807, 2.05) is 30.3 Å². The van der Waals surface area contributed by atoms with E-state index in [9.17, 15) is 10.1 Å². The molecule has 0 unspecified atom stereocenters. The van der Waals surface area contributed by atoms with Gasteiger partial charge >= 0.3 is 0 Å². The predicted octanol–water partition coefficient (Wildman–Crippen LogP) is 4.00. The van der Waals surface area contributed by atoms with Gasteiger partial charge < -0.3 is 14.2 Å². The summed E-state index contributed by atoms with van der Waals surface area (Å²) < 4.78 is 16.7. The maximum Gasteiger partial charge on any atom is 0.270 e. The molecule has 6 heteroatoms. The Morgan fingerprint density at radius 1 is 1.15 bits per heavy atom. The SMILES string of the molecule is CC1(C)OC=C(COc2ccc([N+](=O)[O-])cc2C#Cc2ccccc2)O1. The molecule has 0 spiro atoms. The van der Waals surface area contributed by atoms with Gasteiger partial charge in [0.25, 0.3) is 5.69 Å². The highest BCUT2D eigenvalue weighted by atomic mass is 16.7. The Kier molecular flexibility index (Phi) is 4.81. The summed E-state index contributed by atoms with van der Waals surface area (Å²) in [5, 5.41) is 11.0. The molecule has 0 atom stereocenters. The summed E-state index contributed by atoms with van der Waals surface area (Å²) in [7, 11) is 0. The van der Waals surface area contributed by atoms with Crippen molar-refractivity contribution in [3.05, 3.63) is 81.8 Å². The summed E-state index contributed by atoms with van der Waals surface area (Å²) in [6.07, 6.45) is 1.50. The fourth-order valence-corrected chi connectivity index (χ4v) is 2.30. The third kappa shape index (κ3) is 4.33. The minimum absolute atomic E-state index is 0.0458. The van der Waals surface area contributed by atoms with Crippen LogP contribution in [0.25, 0.3) is 0 Å². The minimum atomic E-state index is -0.718. The number of non-ortho nitro benzene ring substituents is 1. The van der Waals surface area contributed by atoms with Crippen LogP contribution in [0, 0.1) is 22.0 Å². The lowest BCUT2D eigenvalue weighted by molar-refractivity contribution is -0.384. The molecule has 132 valence electrons. The van der Waals surface area contributed by atoms with Crippen LogP contribution in [0.15, 0.2) is 60.6 Å². The second-order valence-electron chi connectivity index (χ2n) is 6.05. The number of nitro benzene ring substituents is 1. The summed E-state index contributed by atoms with van der Waals surface area (Å²) in [6.45, 7) is 3.72. The van der Waals surface area contributed by atoms with Crippen LogP contribution >= 0.6 is 0 Å². The molecule has 0 amide bonds. The van der Waals surface area contributed by atoms with Crippen molar-refractivity contribution in [1.82, 2.24) is 0 Å². The van der Waals surface area contributed by atoms with Crippen molar-refractivity contribution in [2.24, 2.45) is 0 Å². The molecule has 1 heterocycles. The van der Waals surface area contributed by atoms with Crippen LogP contribution in [-0.2, 0) is 9.47 Å². The standard InChI is InChI=1S/C20H17NO5/c1-20(2)25-14-18(26-20)13-24-19-11-10-17(21(22)23)12-16(19)9-8-15-6-4-3-5-7-15/h3-7,10-12,14H,13H2,1-2H3. The molecule has 26 heavy (non-hydrogen) atoms. The van der Waals surface area contributed by atoms with E-state index in [0.717, 1.165) is 5.56 Å². The number of rotatable bonds is 4. The number of hydrogen-bond acceptors (Lipinski definition) is 5. The van der Waals surface area contributed by atoms with Crippen LogP contribution in [0.4, 0.5) is 5.69 Å². The van der Waals surface area contributed by atoms with Crippen LogP contribution in [0.2, 0.25) is 0 Å². The number of nitro groups is 1. The van der Waals surface area contributed by atoms with Crippen molar-refractivity contribution < 1.29 is 19.1 Å². The van der Waals surface area contributed by atoms with Crippen LogP contribution in [0.3, 0.4) is 0 Å². The molecule has 6 nitrogen and oxygen atoms in total. The van der Waals surface area contributed by atoms with E-state index in [0.29, 0.717) is 17.1 Å². The average molecular weight is 351 g/mol. The van der Waals surface area contributed by atoms with Gasteiger partial charge in [0.05, 0.1) is 10.5 Å². The number of benzene rings is 2. The summed E-state index contributed by atoms with van der Waals surface area (Å²) in [6, 6.07) is 13.7. The van der Waals surface area contributed by atoms with Crippen LogP contribution in [0.5, 0.6) is 5.75 Å². The Hall–Kier alpha value is -3.46. The van der Waals surface area contributed by atoms with E-state index in [1.165, 1.54) is 24.5 Å². The summed E-state index contributed by atoms with van der Waals surface area (Å²) in [4.78, 5) is 10.6. The molecule has 1 aliphatic rings. The average Bonchev–Trinajstić information content (AvgIpc) is 2.98. The normalized spacial score (nSPS) is 14.3. The number of ether oxygens (including phenoxy) is 3. The summed E-state index contributed by atoms with van der Waals surface area (Å²) >= 11 is 0. The fourth-order valence-electron chi connectivity index (χ4n) is 2.30. The Morgan fingerprint density at radius 2 is 1.92 bits per heavy atom. The van der Waals surface area contributed by atoms with Gasteiger partial charge in [0.2, 0.25) is 5.79 Å². The Balaban J connectivity index is 1.83. The zero-order chi connectivity index (χ0) is 18.6. The van der Waals surface area contributed by atoms with Crippen molar-refractivity contribution in [1.29, 1.82) is 0 Å². The first-order chi connectivity index (χ1) is 12.4. The molecule has 2 aromatic carbocycles. The first-order valence-electron chi connectivity index (χ1n) is 7.97. The molecule has 1 aliphatic heterocycles. The van der Waals surface area contributed by atoms with Gasteiger partial charge in [0.15, 0.2) is 5.76 Å². The molecule has 0 aliphatic carbocycles. The highest BCUT2D eigenvalue weighted by Gasteiger charge is 2.27. The first-order valence-corrected chi connectivity index (χ1v) is 7.97. The van der Waals surface area contributed by atoms with E-state index in [-0.39, 0.29) is 12.3 Å². The van der Waals surface area contributed by atoms with E-state index in [2.05, 4.69) is 11.8 Å². The number of hydrogen-bond donors (Lipinski definition) is 0. The maximum absolute atomic E-state index is 11.0. The molecule has 3 rings (SSSR count). The monoisotopic (exact) mass is 351 g/mol. The molecular weight excluding hydrogens is 334 g/mol. The van der Waals surface area contributed by atoms with Gasteiger partial charge in [0.1, 0.15) is 18.6 Å². The molecule has 0 bridgehead atoms. The van der Waals surface area contributed by atoms with E-state index in [1.54, 1.807) is 13.8 Å². The second-order valence-corrected chi connectivity index (χ2v) is 6.05. The first kappa shape index (κ1) is 17.4. The van der Waals surface area contributed by atoms with Crippen molar-refractivity contribution in [2.45, 2.75) is 19.6 Å². The Labute approximate surface area is 151 Å². The van der Waals surface area contributed by atoms with Gasteiger partial charge in [-0.25, -0.2) is 0 Å². The van der Waals surface area contributed by atoms with Crippen molar-refractivity contribution in [3.8, 4) is 17.6 Å². The minimum Gasteiger partial charge on any atom is -0.484 e. The molecule has 0 N–H and O–H groups in total. The zero-order valence-electron chi connectivity index (χ0n) is 14.4. The third-order valence-corrected chi connectivity index (χ3v) is 3.51.